The van der Waals surface area contributed by atoms with E-state index in [1.54, 1.807) is 0 Å². The number of aromatic nitrogens is 2. The maximum absolute atomic E-state index is 4.74. The Balaban J connectivity index is 2.95. The molecule has 1 atom stereocenters. The highest BCUT2D eigenvalue weighted by Gasteiger charge is 2.15. The van der Waals surface area contributed by atoms with Gasteiger partial charge in [-0.1, -0.05) is 20.8 Å². The average Bonchev–Trinajstić information content (AvgIpc) is 2.49. The largest absolute Gasteiger partial charge is 0.370 e. The van der Waals surface area contributed by atoms with Crippen LogP contribution in [0.3, 0.4) is 0 Å². The standard InChI is InChI=1S/C16H30N4S/c1-7-9-17-14-11-15(19-16(18-14)12(2)3)20(5)13(4)8-10-21-6/h11-13H,7-10H2,1-6H3,(H,17,18,19). The lowest BCUT2D eigenvalue weighted by molar-refractivity contribution is 0.655. The van der Waals surface area contributed by atoms with Crippen molar-refractivity contribution in [3.63, 3.8) is 0 Å². The molecule has 0 fully saturated rings. The number of rotatable bonds is 9. The quantitative estimate of drug-likeness (QED) is 0.746. The van der Waals surface area contributed by atoms with Crippen LogP contribution in [-0.2, 0) is 0 Å². The first-order valence-electron chi connectivity index (χ1n) is 7.84. The predicted molar refractivity (Wildman–Crippen MR) is 95.8 cm³/mol. The topological polar surface area (TPSA) is 41.0 Å². The van der Waals surface area contributed by atoms with Crippen LogP contribution in [0, 0.1) is 0 Å². The normalized spacial score (nSPS) is 12.5. The third-order valence-corrected chi connectivity index (χ3v) is 4.21. The number of hydrogen-bond donors (Lipinski definition) is 1. The van der Waals surface area contributed by atoms with Crippen molar-refractivity contribution in [2.45, 2.75) is 52.5 Å². The zero-order valence-corrected chi connectivity index (χ0v) is 15.1. The van der Waals surface area contributed by atoms with Gasteiger partial charge in [0.2, 0.25) is 0 Å². The molecule has 1 rings (SSSR count). The first-order chi connectivity index (χ1) is 9.99. The number of nitrogens with zero attached hydrogens (tertiary/aromatic N) is 3. The fraction of sp³-hybridized carbons (Fsp3) is 0.750. The molecule has 0 radical (unpaired) electrons. The van der Waals surface area contributed by atoms with Crippen molar-refractivity contribution in [1.82, 2.24) is 9.97 Å². The van der Waals surface area contributed by atoms with E-state index in [-0.39, 0.29) is 0 Å². The highest BCUT2D eigenvalue weighted by Crippen LogP contribution is 2.21. The molecule has 0 amide bonds. The monoisotopic (exact) mass is 310 g/mol. The summed E-state index contributed by atoms with van der Waals surface area (Å²) in [6.07, 6.45) is 4.41. The summed E-state index contributed by atoms with van der Waals surface area (Å²) in [6.45, 7) is 9.64. The first kappa shape index (κ1) is 18.1. The van der Waals surface area contributed by atoms with E-state index >= 15 is 0 Å². The molecule has 120 valence electrons. The molecule has 0 aromatic carbocycles. The second-order valence-electron chi connectivity index (χ2n) is 5.79. The van der Waals surface area contributed by atoms with Crippen LogP contribution in [0.1, 0.15) is 52.3 Å². The molecule has 1 aromatic heterocycles. The molecule has 0 aliphatic carbocycles. The highest BCUT2D eigenvalue weighted by molar-refractivity contribution is 7.98. The van der Waals surface area contributed by atoms with Gasteiger partial charge < -0.3 is 10.2 Å². The predicted octanol–water partition coefficient (Wildman–Crippen LogP) is 4.00. The van der Waals surface area contributed by atoms with Gasteiger partial charge in [0.25, 0.3) is 0 Å². The summed E-state index contributed by atoms with van der Waals surface area (Å²) in [4.78, 5) is 11.6. The molecule has 1 aromatic rings. The maximum Gasteiger partial charge on any atom is 0.135 e. The van der Waals surface area contributed by atoms with E-state index < -0.39 is 0 Å². The van der Waals surface area contributed by atoms with Crippen molar-refractivity contribution in [2.24, 2.45) is 0 Å². The molecule has 1 heterocycles. The Morgan fingerprint density at radius 2 is 2.00 bits per heavy atom. The van der Waals surface area contributed by atoms with Gasteiger partial charge in [-0.3, -0.25) is 0 Å². The Kier molecular flexibility index (Phi) is 7.86. The molecule has 0 bridgehead atoms. The van der Waals surface area contributed by atoms with Crippen LogP contribution in [0.2, 0.25) is 0 Å². The molecule has 4 nitrogen and oxygen atoms in total. The highest BCUT2D eigenvalue weighted by atomic mass is 32.2. The van der Waals surface area contributed by atoms with E-state index in [1.165, 1.54) is 5.75 Å². The zero-order chi connectivity index (χ0) is 15.8. The van der Waals surface area contributed by atoms with Crippen LogP contribution in [0.4, 0.5) is 11.6 Å². The fourth-order valence-corrected chi connectivity index (χ4v) is 2.52. The van der Waals surface area contributed by atoms with Crippen LogP contribution in [-0.4, -0.2) is 41.6 Å². The molecule has 5 heteroatoms. The fourth-order valence-electron chi connectivity index (χ4n) is 1.94. The van der Waals surface area contributed by atoms with Gasteiger partial charge in [0.15, 0.2) is 0 Å². The summed E-state index contributed by atoms with van der Waals surface area (Å²) >= 11 is 1.89. The molecular formula is C16H30N4S. The average molecular weight is 311 g/mol. The van der Waals surface area contributed by atoms with Crippen LogP contribution >= 0.6 is 11.8 Å². The molecule has 0 aliphatic rings. The van der Waals surface area contributed by atoms with Crippen LogP contribution in [0.25, 0.3) is 0 Å². The van der Waals surface area contributed by atoms with Crippen molar-refractivity contribution in [2.75, 3.05) is 35.8 Å². The SMILES string of the molecule is CCCNc1cc(N(C)C(C)CCSC)nc(C(C)C)n1. The van der Waals surface area contributed by atoms with Crippen molar-refractivity contribution in [1.29, 1.82) is 0 Å². The van der Waals surface area contributed by atoms with E-state index in [9.17, 15) is 0 Å². The van der Waals surface area contributed by atoms with Gasteiger partial charge >= 0.3 is 0 Å². The lowest BCUT2D eigenvalue weighted by Gasteiger charge is -2.27. The van der Waals surface area contributed by atoms with E-state index in [4.69, 9.17) is 4.98 Å². The van der Waals surface area contributed by atoms with Crippen molar-refractivity contribution in [3.8, 4) is 0 Å². The van der Waals surface area contributed by atoms with Crippen molar-refractivity contribution < 1.29 is 0 Å². The number of anilines is 2. The molecule has 0 aliphatic heterocycles. The van der Waals surface area contributed by atoms with E-state index in [2.05, 4.69) is 62.3 Å². The second-order valence-corrected chi connectivity index (χ2v) is 6.78. The minimum Gasteiger partial charge on any atom is -0.370 e. The Bertz CT molecular complexity index is 423. The summed E-state index contributed by atoms with van der Waals surface area (Å²) in [7, 11) is 2.13. The number of hydrogen-bond acceptors (Lipinski definition) is 5. The Morgan fingerprint density at radius 3 is 2.57 bits per heavy atom. The number of thioether (sulfide) groups is 1. The molecular weight excluding hydrogens is 280 g/mol. The van der Waals surface area contributed by atoms with Gasteiger partial charge in [-0.2, -0.15) is 11.8 Å². The van der Waals surface area contributed by atoms with E-state index in [0.29, 0.717) is 12.0 Å². The van der Waals surface area contributed by atoms with Gasteiger partial charge in [0.1, 0.15) is 17.5 Å². The summed E-state index contributed by atoms with van der Waals surface area (Å²) < 4.78 is 0. The lowest BCUT2D eigenvalue weighted by atomic mass is 10.2. The third kappa shape index (κ3) is 5.73. The summed E-state index contributed by atoms with van der Waals surface area (Å²) in [5, 5.41) is 3.39. The van der Waals surface area contributed by atoms with Crippen molar-refractivity contribution >= 4 is 23.4 Å². The molecule has 1 N–H and O–H groups in total. The molecule has 0 saturated heterocycles. The Labute approximate surface area is 134 Å². The summed E-state index contributed by atoms with van der Waals surface area (Å²) in [6, 6.07) is 2.54. The smallest absolute Gasteiger partial charge is 0.135 e. The molecule has 1 unspecified atom stereocenters. The number of nitrogens with one attached hydrogen (secondary N) is 1. The lowest BCUT2D eigenvalue weighted by Crippen LogP contribution is -2.30. The third-order valence-electron chi connectivity index (χ3n) is 3.56. The Hall–Kier alpha value is -0.970. The van der Waals surface area contributed by atoms with Gasteiger partial charge in [-0.25, -0.2) is 9.97 Å². The molecule has 21 heavy (non-hydrogen) atoms. The molecule has 0 saturated carbocycles. The van der Waals surface area contributed by atoms with Gasteiger partial charge in [0, 0.05) is 31.6 Å². The maximum atomic E-state index is 4.74. The van der Waals surface area contributed by atoms with E-state index in [1.807, 2.05) is 11.8 Å². The van der Waals surface area contributed by atoms with Crippen LogP contribution in [0.15, 0.2) is 6.07 Å². The zero-order valence-electron chi connectivity index (χ0n) is 14.3. The first-order valence-corrected chi connectivity index (χ1v) is 9.23. The van der Waals surface area contributed by atoms with Gasteiger partial charge in [-0.05, 0) is 31.8 Å². The molecule has 0 spiro atoms. The minimum absolute atomic E-state index is 0.335. The van der Waals surface area contributed by atoms with Gasteiger partial charge in [-0.15, -0.1) is 0 Å². The van der Waals surface area contributed by atoms with E-state index in [0.717, 1.165) is 36.8 Å². The second kappa shape index (κ2) is 9.13. The summed E-state index contributed by atoms with van der Waals surface area (Å²) in [5.41, 5.74) is 0. The minimum atomic E-state index is 0.335. The Morgan fingerprint density at radius 1 is 1.29 bits per heavy atom. The van der Waals surface area contributed by atoms with Crippen LogP contribution < -0.4 is 10.2 Å². The van der Waals surface area contributed by atoms with Crippen molar-refractivity contribution in [3.05, 3.63) is 11.9 Å². The van der Waals surface area contributed by atoms with Gasteiger partial charge in [0.05, 0.1) is 0 Å². The summed E-state index contributed by atoms with van der Waals surface area (Å²) in [5.74, 6) is 4.38. The van der Waals surface area contributed by atoms with Crippen LogP contribution in [0.5, 0.6) is 0 Å².